The summed E-state index contributed by atoms with van der Waals surface area (Å²) in [6, 6.07) is 1.71. The Hall–Kier alpha value is -2.44. The van der Waals surface area contributed by atoms with Crippen LogP contribution in [0.2, 0.25) is 0 Å². The number of aliphatic carboxylic acids is 1. The van der Waals surface area contributed by atoms with Crippen LogP contribution in [0.15, 0.2) is 29.8 Å². The monoisotopic (exact) mass is 220 g/mol. The molecule has 2 aromatic rings. The Kier molecular flexibility index (Phi) is 2.50. The lowest BCUT2D eigenvalue weighted by Gasteiger charge is -1.93. The number of oxime groups is 1. The van der Waals surface area contributed by atoms with Gasteiger partial charge < -0.3 is 9.94 Å². The number of aromatic nitrogens is 3. The quantitative estimate of drug-likeness (QED) is 0.588. The fourth-order valence-corrected chi connectivity index (χ4v) is 1.23. The third-order valence-corrected chi connectivity index (χ3v) is 1.86. The highest BCUT2D eigenvalue weighted by Gasteiger charge is 2.17. The van der Waals surface area contributed by atoms with Gasteiger partial charge in [-0.15, -0.1) is 0 Å². The molecule has 0 amide bonds. The first kappa shape index (κ1) is 10.1. The standard InChI is InChI=1S/C9H8N4O3/c1-16-12-7(8(14)15)6-5-13-4-2-3-10-9(13)11-6/h2-5H,1H3,(H,14,15)/b12-7-. The predicted octanol–water partition coefficient (Wildman–Crippen LogP) is 0.164. The van der Waals surface area contributed by atoms with E-state index < -0.39 is 5.97 Å². The van der Waals surface area contributed by atoms with Crippen LogP contribution >= 0.6 is 0 Å². The van der Waals surface area contributed by atoms with E-state index >= 15 is 0 Å². The van der Waals surface area contributed by atoms with Crippen LogP contribution in [0.3, 0.4) is 0 Å². The van der Waals surface area contributed by atoms with Crippen molar-refractivity contribution in [3.05, 3.63) is 30.4 Å². The lowest BCUT2D eigenvalue weighted by molar-refractivity contribution is -0.129. The molecule has 0 aliphatic rings. The molecule has 7 heteroatoms. The van der Waals surface area contributed by atoms with Crippen molar-refractivity contribution in [2.24, 2.45) is 5.16 Å². The van der Waals surface area contributed by atoms with Gasteiger partial charge in [0, 0.05) is 18.6 Å². The maximum atomic E-state index is 10.9. The molecule has 0 fully saturated rings. The summed E-state index contributed by atoms with van der Waals surface area (Å²) in [7, 11) is 1.27. The van der Waals surface area contributed by atoms with Gasteiger partial charge in [0.05, 0.1) is 0 Å². The minimum absolute atomic E-state index is 0.202. The molecule has 2 rings (SSSR count). The maximum absolute atomic E-state index is 10.9. The Labute approximate surface area is 90.0 Å². The van der Waals surface area contributed by atoms with E-state index in [2.05, 4.69) is 20.0 Å². The summed E-state index contributed by atoms with van der Waals surface area (Å²) in [5, 5.41) is 12.3. The Morgan fingerprint density at radius 3 is 3.06 bits per heavy atom. The second kappa shape index (κ2) is 3.97. The number of hydrogen-bond donors (Lipinski definition) is 1. The maximum Gasteiger partial charge on any atom is 0.360 e. The summed E-state index contributed by atoms with van der Waals surface area (Å²) < 4.78 is 1.60. The van der Waals surface area contributed by atoms with Gasteiger partial charge in [-0.05, 0) is 6.07 Å². The van der Waals surface area contributed by atoms with Crippen LogP contribution in [0.25, 0.3) is 5.78 Å². The highest BCUT2D eigenvalue weighted by Crippen LogP contribution is 2.04. The topological polar surface area (TPSA) is 89.1 Å². The minimum atomic E-state index is -1.20. The lowest BCUT2D eigenvalue weighted by atomic mass is 10.3. The first-order valence-electron chi connectivity index (χ1n) is 4.37. The van der Waals surface area contributed by atoms with Gasteiger partial charge in [-0.2, -0.15) is 0 Å². The Morgan fingerprint density at radius 1 is 1.62 bits per heavy atom. The number of imidazole rings is 1. The SMILES string of the molecule is CO/N=C(\C(=O)O)c1cn2cccnc2n1. The summed E-state index contributed by atoms with van der Waals surface area (Å²) in [4.78, 5) is 23.3. The van der Waals surface area contributed by atoms with E-state index in [1.165, 1.54) is 13.3 Å². The molecule has 82 valence electrons. The molecule has 0 saturated heterocycles. The highest BCUT2D eigenvalue weighted by molar-refractivity contribution is 6.41. The van der Waals surface area contributed by atoms with Gasteiger partial charge in [0.1, 0.15) is 12.8 Å². The molecule has 0 unspecified atom stereocenters. The number of carboxylic acids is 1. The average molecular weight is 220 g/mol. The number of hydrogen-bond acceptors (Lipinski definition) is 5. The van der Waals surface area contributed by atoms with Crippen LogP contribution in [-0.2, 0) is 9.63 Å². The second-order valence-electron chi connectivity index (χ2n) is 2.88. The fraction of sp³-hybridized carbons (Fsp3) is 0.111. The van der Waals surface area contributed by atoms with Crippen LogP contribution < -0.4 is 0 Å². The van der Waals surface area contributed by atoms with E-state index in [4.69, 9.17) is 5.11 Å². The van der Waals surface area contributed by atoms with Gasteiger partial charge in [-0.1, -0.05) is 5.16 Å². The second-order valence-corrected chi connectivity index (χ2v) is 2.88. The molecule has 1 N–H and O–H groups in total. The highest BCUT2D eigenvalue weighted by atomic mass is 16.6. The Balaban J connectivity index is 2.53. The largest absolute Gasteiger partial charge is 0.476 e. The third kappa shape index (κ3) is 1.70. The molecular formula is C9H8N4O3. The molecule has 16 heavy (non-hydrogen) atoms. The van der Waals surface area contributed by atoms with Gasteiger partial charge in [0.15, 0.2) is 0 Å². The summed E-state index contributed by atoms with van der Waals surface area (Å²) >= 11 is 0. The van der Waals surface area contributed by atoms with Crippen LogP contribution in [0.1, 0.15) is 5.69 Å². The van der Waals surface area contributed by atoms with E-state index in [9.17, 15) is 4.79 Å². The molecule has 0 saturated carbocycles. The summed E-state index contributed by atoms with van der Waals surface area (Å²) in [6.45, 7) is 0. The van der Waals surface area contributed by atoms with Crippen molar-refractivity contribution in [2.45, 2.75) is 0 Å². The van der Waals surface area contributed by atoms with E-state index in [0.717, 1.165) is 0 Å². The third-order valence-electron chi connectivity index (χ3n) is 1.86. The number of carbonyl (C=O) groups is 1. The van der Waals surface area contributed by atoms with E-state index in [0.29, 0.717) is 5.78 Å². The number of fused-ring (bicyclic) bond motifs is 1. The van der Waals surface area contributed by atoms with Gasteiger partial charge >= 0.3 is 5.97 Å². The predicted molar refractivity (Wildman–Crippen MR) is 54.2 cm³/mol. The lowest BCUT2D eigenvalue weighted by Crippen LogP contribution is -2.15. The van der Waals surface area contributed by atoms with Gasteiger partial charge in [-0.25, -0.2) is 14.8 Å². The zero-order valence-corrected chi connectivity index (χ0v) is 8.36. The number of carboxylic acid groups (broad SMARTS) is 1. The summed E-state index contributed by atoms with van der Waals surface area (Å²) in [5.74, 6) is -0.798. The summed E-state index contributed by atoms with van der Waals surface area (Å²) in [5.41, 5.74) is -0.0546. The zero-order valence-electron chi connectivity index (χ0n) is 8.36. The first-order valence-corrected chi connectivity index (χ1v) is 4.37. The van der Waals surface area contributed by atoms with Crippen molar-refractivity contribution in [1.29, 1.82) is 0 Å². The molecule has 0 aliphatic heterocycles. The molecule has 7 nitrogen and oxygen atoms in total. The van der Waals surface area contributed by atoms with E-state index in [1.807, 2.05) is 0 Å². The molecule has 0 atom stereocenters. The van der Waals surface area contributed by atoms with Crippen LogP contribution in [0.4, 0.5) is 0 Å². The van der Waals surface area contributed by atoms with Gasteiger partial charge in [-0.3, -0.25) is 4.40 Å². The van der Waals surface area contributed by atoms with Crippen LogP contribution in [-0.4, -0.2) is 38.3 Å². The average Bonchev–Trinajstić information content (AvgIpc) is 2.68. The first-order chi connectivity index (χ1) is 7.72. The molecule has 0 bridgehead atoms. The molecule has 2 aromatic heterocycles. The Bertz CT molecular complexity index is 528. The van der Waals surface area contributed by atoms with Crippen LogP contribution in [0.5, 0.6) is 0 Å². The van der Waals surface area contributed by atoms with E-state index in [-0.39, 0.29) is 11.4 Å². The fourth-order valence-electron chi connectivity index (χ4n) is 1.23. The van der Waals surface area contributed by atoms with Crippen molar-refractivity contribution in [2.75, 3.05) is 7.11 Å². The minimum Gasteiger partial charge on any atom is -0.476 e. The normalized spacial score (nSPS) is 11.7. The van der Waals surface area contributed by atoms with Gasteiger partial charge in [0.25, 0.3) is 0 Å². The van der Waals surface area contributed by atoms with E-state index in [1.54, 1.807) is 22.9 Å². The van der Waals surface area contributed by atoms with Gasteiger partial charge in [0.2, 0.25) is 11.5 Å². The zero-order chi connectivity index (χ0) is 11.5. The smallest absolute Gasteiger partial charge is 0.360 e. The molecule has 0 aliphatic carbocycles. The van der Waals surface area contributed by atoms with Crippen molar-refractivity contribution < 1.29 is 14.7 Å². The van der Waals surface area contributed by atoms with Crippen molar-refractivity contribution >= 4 is 17.5 Å². The van der Waals surface area contributed by atoms with Crippen LogP contribution in [0, 0.1) is 0 Å². The molecule has 2 heterocycles. The van der Waals surface area contributed by atoms with Crippen molar-refractivity contribution in [3.8, 4) is 0 Å². The number of nitrogens with zero attached hydrogens (tertiary/aromatic N) is 4. The molecule has 0 spiro atoms. The Morgan fingerprint density at radius 2 is 2.44 bits per heavy atom. The molecular weight excluding hydrogens is 212 g/mol. The summed E-state index contributed by atoms with van der Waals surface area (Å²) in [6.07, 6.45) is 4.80. The van der Waals surface area contributed by atoms with Crippen molar-refractivity contribution in [1.82, 2.24) is 14.4 Å². The molecule has 0 radical (unpaired) electrons. The number of rotatable bonds is 3. The molecule has 0 aromatic carbocycles. The van der Waals surface area contributed by atoms with Crippen molar-refractivity contribution in [3.63, 3.8) is 0 Å².